The van der Waals surface area contributed by atoms with Crippen molar-refractivity contribution in [2.24, 2.45) is 11.8 Å². The number of rotatable bonds is 6. The summed E-state index contributed by atoms with van der Waals surface area (Å²) in [6.07, 6.45) is 1.04. The van der Waals surface area contributed by atoms with E-state index in [0.717, 1.165) is 58.0 Å². The minimum absolute atomic E-state index is 0. The van der Waals surface area contributed by atoms with Crippen LogP contribution in [-0.4, -0.2) is 56.7 Å². The molecule has 2 saturated heterocycles. The quantitative estimate of drug-likeness (QED) is 0.782. The number of ether oxygens (including phenoxy) is 1. The summed E-state index contributed by atoms with van der Waals surface area (Å²) >= 11 is 0. The lowest BCUT2D eigenvalue weighted by Crippen LogP contribution is -2.48. The molecule has 5 nitrogen and oxygen atoms in total. The number of carbonyl (C=O) groups is 1. The number of halogens is 2. The van der Waals surface area contributed by atoms with Gasteiger partial charge in [0.1, 0.15) is 0 Å². The van der Waals surface area contributed by atoms with Crippen LogP contribution in [-0.2, 0) is 16.0 Å². The zero-order chi connectivity index (χ0) is 16.1. The Balaban J connectivity index is 0.00000156. The molecule has 142 valence electrons. The first-order chi connectivity index (χ1) is 11.2. The van der Waals surface area contributed by atoms with Gasteiger partial charge in [0.2, 0.25) is 5.91 Å². The normalized spacial score (nSPS) is 19.1. The molecule has 0 bridgehead atoms. The lowest BCUT2D eigenvalue weighted by molar-refractivity contribution is -0.121. The second kappa shape index (κ2) is 11.0. The van der Waals surface area contributed by atoms with E-state index in [9.17, 15) is 4.79 Å². The van der Waals surface area contributed by atoms with Gasteiger partial charge in [0, 0.05) is 31.2 Å². The van der Waals surface area contributed by atoms with Gasteiger partial charge in [-0.3, -0.25) is 9.69 Å². The zero-order valence-electron chi connectivity index (χ0n) is 14.7. The third-order valence-electron chi connectivity index (χ3n) is 4.98. The number of nitrogens with one attached hydrogen (secondary N) is 2. The van der Waals surface area contributed by atoms with Crippen molar-refractivity contribution >= 4 is 36.4 Å². The molecular formula is C18H29Cl2N3O2. The van der Waals surface area contributed by atoms with Gasteiger partial charge < -0.3 is 15.4 Å². The van der Waals surface area contributed by atoms with Crippen LogP contribution in [0, 0.1) is 11.8 Å². The first-order valence-electron chi connectivity index (χ1n) is 8.63. The number of hydrogen-bond acceptors (Lipinski definition) is 4. The molecule has 2 aliphatic rings. The number of hydrogen-bond donors (Lipinski definition) is 2. The van der Waals surface area contributed by atoms with Gasteiger partial charge in [-0.2, -0.15) is 0 Å². The molecule has 0 radical (unpaired) electrons. The summed E-state index contributed by atoms with van der Waals surface area (Å²) < 4.78 is 5.37. The summed E-state index contributed by atoms with van der Waals surface area (Å²) in [6.45, 7) is 8.74. The molecule has 3 rings (SSSR count). The van der Waals surface area contributed by atoms with E-state index in [4.69, 9.17) is 4.74 Å². The summed E-state index contributed by atoms with van der Waals surface area (Å²) in [7, 11) is 0. The Labute approximate surface area is 162 Å². The Morgan fingerprint density at radius 3 is 2.44 bits per heavy atom. The van der Waals surface area contributed by atoms with Crippen molar-refractivity contribution in [3.8, 4) is 0 Å². The summed E-state index contributed by atoms with van der Waals surface area (Å²) in [4.78, 5) is 14.6. The predicted molar refractivity (Wildman–Crippen MR) is 106 cm³/mol. The molecule has 0 saturated carbocycles. The molecule has 25 heavy (non-hydrogen) atoms. The molecule has 1 atom stereocenters. The van der Waals surface area contributed by atoms with Crippen LogP contribution >= 0.6 is 24.8 Å². The van der Waals surface area contributed by atoms with Gasteiger partial charge in [-0.05, 0) is 43.1 Å². The summed E-state index contributed by atoms with van der Waals surface area (Å²) in [5.41, 5.74) is 2.20. The molecular weight excluding hydrogens is 361 g/mol. The average molecular weight is 390 g/mol. The minimum atomic E-state index is 0. The molecule has 0 aliphatic carbocycles. The van der Waals surface area contributed by atoms with Crippen molar-refractivity contribution in [1.29, 1.82) is 0 Å². The molecule has 1 amide bonds. The van der Waals surface area contributed by atoms with E-state index in [-0.39, 0.29) is 36.6 Å². The third kappa shape index (κ3) is 6.42. The van der Waals surface area contributed by atoms with E-state index in [1.165, 1.54) is 5.56 Å². The maximum Gasteiger partial charge on any atom is 0.227 e. The first-order valence-corrected chi connectivity index (χ1v) is 8.63. The Morgan fingerprint density at radius 2 is 1.88 bits per heavy atom. The molecule has 2 N–H and O–H groups in total. The molecule has 1 aromatic carbocycles. The van der Waals surface area contributed by atoms with E-state index in [0.29, 0.717) is 5.92 Å². The van der Waals surface area contributed by atoms with Crippen molar-refractivity contribution in [3.05, 3.63) is 29.8 Å². The summed E-state index contributed by atoms with van der Waals surface area (Å²) in [5.74, 6) is 0.664. The van der Waals surface area contributed by atoms with Gasteiger partial charge >= 0.3 is 0 Å². The van der Waals surface area contributed by atoms with E-state index in [1.807, 2.05) is 19.1 Å². The lowest BCUT2D eigenvalue weighted by Gasteiger charge is -2.31. The van der Waals surface area contributed by atoms with Crippen molar-refractivity contribution in [1.82, 2.24) is 10.2 Å². The molecule has 2 aliphatic heterocycles. The van der Waals surface area contributed by atoms with Gasteiger partial charge in [0.05, 0.1) is 13.2 Å². The van der Waals surface area contributed by atoms with E-state index < -0.39 is 0 Å². The predicted octanol–water partition coefficient (Wildman–Crippen LogP) is 2.20. The zero-order valence-corrected chi connectivity index (χ0v) is 16.3. The van der Waals surface area contributed by atoms with Crippen LogP contribution in [0.1, 0.15) is 12.5 Å². The molecule has 1 unspecified atom stereocenters. The van der Waals surface area contributed by atoms with Crippen molar-refractivity contribution < 1.29 is 9.53 Å². The Hall–Kier alpha value is -0.850. The van der Waals surface area contributed by atoms with Gasteiger partial charge in [-0.25, -0.2) is 0 Å². The minimum Gasteiger partial charge on any atom is -0.379 e. The summed E-state index contributed by atoms with van der Waals surface area (Å²) in [6, 6.07) is 8.26. The van der Waals surface area contributed by atoms with E-state index in [1.54, 1.807) is 0 Å². The van der Waals surface area contributed by atoms with Gasteiger partial charge in [-0.1, -0.05) is 19.1 Å². The third-order valence-corrected chi connectivity index (χ3v) is 4.98. The van der Waals surface area contributed by atoms with Gasteiger partial charge in [0.25, 0.3) is 0 Å². The van der Waals surface area contributed by atoms with Crippen LogP contribution in [0.4, 0.5) is 5.69 Å². The number of morpholine rings is 1. The Kier molecular flexibility index (Phi) is 9.75. The average Bonchev–Trinajstić information content (AvgIpc) is 2.53. The Morgan fingerprint density at radius 1 is 1.24 bits per heavy atom. The fourth-order valence-corrected chi connectivity index (χ4v) is 3.00. The first kappa shape index (κ1) is 22.2. The number of nitrogens with zero attached hydrogens (tertiary/aromatic N) is 1. The standard InChI is InChI=1S/C18H27N3O2.2ClH/c1-14(16-12-19-13-16)18(22)20-17-4-2-15(3-5-17)6-7-21-8-10-23-11-9-21;;/h2-5,14,16,19H,6-13H2,1H3,(H,20,22);2*1H. The molecule has 1 aromatic rings. The van der Waals surface area contributed by atoms with Crippen LogP contribution in [0.5, 0.6) is 0 Å². The highest BCUT2D eigenvalue weighted by atomic mass is 35.5. The van der Waals surface area contributed by atoms with Crippen LogP contribution in [0.3, 0.4) is 0 Å². The topological polar surface area (TPSA) is 53.6 Å². The fourth-order valence-electron chi connectivity index (χ4n) is 3.00. The maximum atomic E-state index is 12.2. The van der Waals surface area contributed by atoms with Gasteiger partial charge in [-0.15, -0.1) is 24.8 Å². The lowest BCUT2D eigenvalue weighted by atomic mass is 9.88. The highest BCUT2D eigenvalue weighted by Crippen LogP contribution is 2.18. The molecule has 0 aromatic heterocycles. The molecule has 7 heteroatoms. The molecule has 2 fully saturated rings. The second-order valence-corrected chi connectivity index (χ2v) is 6.60. The van der Waals surface area contributed by atoms with Crippen LogP contribution in [0.25, 0.3) is 0 Å². The summed E-state index contributed by atoms with van der Waals surface area (Å²) in [5, 5.41) is 6.25. The second-order valence-electron chi connectivity index (χ2n) is 6.60. The maximum absolute atomic E-state index is 12.2. The molecule has 2 heterocycles. The largest absolute Gasteiger partial charge is 0.379 e. The fraction of sp³-hybridized carbons (Fsp3) is 0.611. The smallest absolute Gasteiger partial charge is 0.227 e. The monoisotopic (exact) mass is 389 g/mol. The van der Waals surface area contributed by atoms with Crippen molar-refractivity contribution in [3.63, 3.8) is 0 Å². The van der Waals surface area contributed by atoms with E-state index in [2.05, 4.69) is 27.7 Å². The number of carbonyl (C=O) groups excluding carboxylic acids is 1. The van der Waals surface area contributed by atoms with Crippen molar-refractivity contribution in [2.75, 3.05) is 51.3 Å². The highest BCUT2D eigenvalue weighted by molar-refractivity contribution is 5.92. The van der Waals surface area contributed by atoms with Crippen molar-refractivity contribution in [2.45, 2.75) is 13.3 Å². The molecule has 0 spiro atoms. The SMILES string of the molecule is CC(C(=O)Nc1ccc(CCN2CCOCC2)cc1)C1CNC1.Cl.Cl. The number of benzene rings is 1. The van der Waals surface area contributed by atoms with Crippen LogP contribution < -0.4 is 10.6 Å². The van der Waals surface area contributed by atoms with Crippen LogP contribution in [0.2, 0.25) is 0 Å². The highest BCUT2D eigenvalue weighted by Gasteiger charge is 2.28. The number of amides is 1. The van der Waals surface area contributed by atoms with Crippen LogP contribution in [0.15, 0.2) is 24.3 Å². The van der Waals surface area contributed by atoms with Gasteiger partial charge in [0.15, 0.2) is 0 Å². The van der Waals surface area contributed by atoms with E-state index >= 15 is 0 Å². The number of anilines is 1. The Bertz CT molecular complexity index is 518.